The van der Waals surface area contributed by atoms with Gasteiger partial charge in [0.25, 0.3) is 29.5 Å². The maximum absolute atomic E-state index is 12.1. The smallest absolute Gasteiger partial charge is 0.320 e. The van der Waals surface area contributed by atoms with Crippen molar-refractivity contribution in [2.75, 3.05) is 39.3 Å². The molecule has 0 aliphatic carbocycles. The van der Waals surface area contributed by atoms with Crippen molar-refractivity contribution in [3.63, 3.8) is 0 Å². The normalized spacial score (nSPS) is 11.5. The van der Waals surface area contributed by atoms with Gasteiger partial charge in [-0.25, -0.2) is 32.1 Å². The molecule has 5 amide bonds. The molecule has 0 aromatic heterocycles. The SMILES string of the molecule is CCN(CC)C/C=C/c1ccc(/C=N/NC(=O)c2ccc(O)c(Cl)c2)cc1.NC(C/C=C/c1ccc(/C=N/NC(=O)c2ccc(O)c(Cl)c2)cc1)C(=O)O.NC/C=C/c1ccc(/C=N/NC(=O)c2ccc(O)c(Cl)c2)cc1.NN(C/C=C/c1ccc(/C=N/NC(=O)c2ccc(O)c(Cl)c2)cc1)Cc1ccccc1.O=C(N/N=C/c1ccc(/C=C/COc2ccccc2)cc1)c1ccc(O)c(Cl)c1. The van der Waals surface area contributed by atoms with Crippen LogP contribution in [0.4, 0.5) is 0 Å². The number of ether oxygens (including phenoxy) is 1. The standard InChI is InChI=1S/C24H23ClN4O2.C23H19ClN2O3.C21H24ClN3O2.C19H18ClN3O4.C17H16ClN3O2/c25-22-15-21(12-13-23(22)30)24(31)28-27-16-19-10-8-18(9-11-19)7-4-14-29(26)17-20-5-2-1-3-6-20;24-21-15-19(12-13-22(21)27)23(28)26-25-16-18-10-8-17(9-11-18)5-4-14-29-20-6-2-1-3-7-20;1-3-25(4-2)13-5-6-16-7-9-17(10-8-16)15-23-24-21(27)18-11-12-20(26)19(22)14-18;20-15-10-14(8-9-17(15)24)18(25)23-22-11-13-6-4-12(5-7-13)2-1-3-16(21)19(26)27;18-15-10-14(7-8-16(15)22)17(23)21-20-11-13-5-3-12(4-6-13)2-1-9-19/h1-13,15-16,30H,14,17,26H2,(H,28,31);1-13,15-16,27H,14H2,(H,26,28);5-12,14-15,26H,3-4,13H2,1-2H3,(H,24,27);1-2,4-11,16,24H,3,21H2,(H,23,25)(H,26,27);1-8,10-11,22H,9,19H2,(H,21,23)/b7-4+,27-16+;5-4+,25-16+;6-5+,23-15+;2-1+,22-11+;2-1+,20-11+. The molecule has 1 unspecified atom stereocenters. The third-order valence-corrected chi connectivity index (χ3v) is 20.5. The summed E-state index contributed by atoms with van der Waals surface area (Å²) in [5, 5.41) is 77.5. The van der Waals surface area contributed by atoms with Crippen LogP contribution in [0.3, 0.4) is 0 Å². The largest absolute Gasteiger partial charge is 0.506 e. The highest BCUT2D eigenvalue weighted by Crippen LogP contribution is 2.29. The van der Waals surface area contributed by atoms with Crippen LogP contribution in [0.2, 0.25) is 25.1 Å². The quantitative estimate of drug-likeness (QED) is 0.00996. The summed E-state index contributed by atoms with van der Waals surface area (Å²) in [5.74, 6) is 3.34. The number of carbonyl (C=O) groups excluding carboxylic acids is 5. The Bertz CT molecular complexity index is 6270. The lowest BCUT2D eigenvalue weighted by molar-refractivity contribution is -0.138. The number of hydrogen-bond acceptors (Lipinski definition) is 22. The van der Waals surface area contributed by atoms with E-state index in [1.54, 1.807) is 47.9 Å². The van der Waals surface area contributed by atoms with Crippen LogP contribution < -0.4 is 49.2 Å². The second-order valence-corrected chi connectivity index (χ2v) is 31.1. The molecule has 704 valence electrons. The summed E-state index contributed by atoms with van der Waals surface area (Å²) >= 11 is 28.9. The average Bonchev–Trinajstić information content (AvgIpc) is 0.874. The highest BCUT2D eigenvalue weighted by atomic mass is 35.5. The average molecular weight is 1950 g/mol. The van der Waals surface area contributed by atoms with E-state index in [1.807, 2.05) is 206 Å². The number of hydrazone groups is 5. The molecule has 0 aliphatic rings. The molecule has 137 heavy (non-hydrogen) atoms. The Kier molecular flexibility index (Phi) is 45.7. The van der Waals surface area contributed by atoms with Crippen LogP contribution in [0, 0.1) is 0 Å². The first-order chi connectivity index (χ1) is 66.1. The lowest BCUT2D eigenvalue weighted by atomic mass is 10.1. The Labute approximate surface area is 817 Å². The highest BCUT2D eigenvalue weighted by molar-refractivity contribution is 6.34. The van der Waals surface area contributed by atoms with Crippen LogP contribution in [0.15, 0.2) is 329 Å². The summed E-state index contributed by atoms with van der Waals surface area (Å²) in [6.07, 6.45) is 27.4. The Morgan fingerprint density at radius 3 is 0.898 bits per heavy atom. The molecular weight excluding hydrogens is 1840 g/mol. The fourth-order valence-corrected chi connectivity index (χ4v) is 12.3. The van der Waals surface area contributed by atoms with E-state index in [4.69, 9.17) is 85.2 Å². The summed E-state index contributed by atoms with van der Waals surface area (Å²) in [6.45, 7) is 9.62. The predicted octanol–water partition coefficient (Wildman–Crippen LogP) is 18.7. The minimum absolute atomic E-state index is 0.0667. The molecule has 0 bridgehead atoms. The number of rotatable bonds is 35. The molecule has 12 aromatic carbocycles. The molecule has 12 aromatic rings. The maximum Gasteiger partial charge on any atom is 0.320 e. The Morgan fingerprint density at radius 1 is 0.358 bits per heavy atom. The van der Waals surface area contributed by atoms with E-state index >= 15 is 0 Å². The molecular formula is C104H100Cl5N15O13. The summed E-state index contributed by atoms with van der Waals surface area (Å²) in [4.78, 5) is 72.9. The molecule has 1 atom stereocenters. The van der Waals surface area contributed by atoms with Crippen molar-refractivity contribution in [2.24, 2.45) is 42.8 Å². The highest BCUT2D eigenvalue weighted by Gasteiger charge is 2.14. The zero-order valence-corrected chi connectivity index (χ0v) is 77.9. The number of phenols is 5. The van der Waals surface area contributed by atoms with Crippen LogP contribution in [-0.2, 0) is 11.3 Å². The van der Waals surface area contributed by atoms with Crippen LogP contribution in [0.25, 0.3) is 30.4 Å². The van der Waals surface area contributed by atoms with Gasteiger partial charge in [-0.15, -0.1) is 0 Å². The van der Waals surface area contributed by atoms with Gasteiger partial charge in [0.05, 0.1) is 56.2 Å². The number of benzene rings is 12. The number of aromatic hydroxyl groups is 5. The van der Waals surface area contributed by atoms with Crippen molar-refractivity contribution in [3.05, 3.63) is 417 Å². The number of phenolic OH excluding ortho intramolecular Hbond substituents is 5. The molecule has 0 heterocycles. The first-order valence-corrected chi connectivity index (χ1v) is 44.1. The molecule has 0 fully saturated rings. The van der Waals surface area contributed by atoms with Gasteiger partial charge >= 0.3 is 5.97 Å². The number of carbonyl (C=O) groups is 6. The summed E-state index contributed by atoms with van der Waals surface area (Å²) < 4.78 is 5.61. The number of nitrogens with one attached hydrogen (secondary N) is 5. The third-order valence-electron chi connectivity index (χ3n) is 18.9. The molecule has 0 saturated carbocycles. The topological polar surface area (TPSA) is 440 Å². The Balaban J connectivity index is 0.000000211. The van der Waals surface area contributed by atoms with Gasteiger partial charge < -0.3 is 51.7 Å². The van der Waals surface area contributed by atoms with Crippen molar-refractivity contribution in [1.82, 2.24) is 37.0 Å². The summed E-state index contributed by atoms with van der Waals surface area (Å²) in [6, 6.07) is 77.9. The fourth-order valence-electron chi connectivity index (χ4n) is 11.4. The Hall–Kier alpha value is -15.4. The Morgan fingerprint density at radius 2 is 0.620 bits per heavy atom. The zero-order valence-electron chi connectivity index (χ0n) is 74.2. The van der Waals surface area contributed by atoms with Gasteiger partial charge in [0.15, 0.2) is 0 Å². The van der Waals surface area contributed by atoms with E-state index in [-0.39, 0.29) is 65.8 Å². The number of amides is 5. The van der Waals surface area contributed by atoms with Crippen molar-refractivity contribution < 1.29 is 64.1 Å². The fraction of sp³-hybridized carbons (Fsp3) is 0.106. The van der Waals surface area contributed by atoms with Crippen molar-refractivity contribution >= 4 is 155 Å². The number of aliphatic carboxylic acids is 1. The number of likely N-dealkylation sites (N-methyl/N-ethyl adjacent to an activating group) is 1. The maximum atomic E-state index is 12.1. The van der Waals surface area contributed by atoms with Crippen LogP contribution >= 0.6 is 58.0 Å². The van der Waals surface area contributed by atoms with E-state index in [1.165, 1.54) is 109 Å². The van der Waals surface area contributed by atoms with Crippen molar-refractivity contribution in [1.29, 1.82) is 0 Å². The van der Waals surface area contributed by atoms with Crippen LogP contribution in [0.1, 0.15) is 133 Å². The monoisotopic (exact) mass is 1940 g/mol. The number of para-hydroxylation sites is 1. The molecule has 0 saturated heterocycles. The van der Waals surface area contributed by atoms with E-state index in [0.29, 0.717) is 48.5 Å². The minimum Gasteiger partial charge on any atom is -0.506 e. The van der Waals surface area contributed by atoms with Crippen LogP contribution in [0.5, 0.6) is 34.5 Å². The zero-order chi connectivity index (χ0) is 98.6. The first-order valence-electron chi connectivity index (χ1n) is 42.2. The summed E-state index contributed by atoms with van der Waals surface area (Å²) in [5.41, 5.74) is 34.8. The van der Waals surface area contributed by atoms with Gasteiger partial charge in [0.1, 0.15) is 47.1 Å². The van der Waals surface area contributed by atoms with E-state index in [2.05, 4.69) is 83.5 Å². The number of hydrazine groups is 1. The number of carboxylic acids is 1. The number of carboxylic acid groups (broad SMARTS) is 1. The van der Waals surface area contributed by atoms with Gasteiger partial charge in [-0.2, -0.15) is 25.5 Å². The molecule has 0 spiro atoms. The molecule has 33 heteroatoms. The molecule has 0 aliphatic heterocycles. The van der Waals surface area contributed by atoms with Crippen LogP contribution in [-0.4, -0.2) is 152 Å². The molecule has 0 radical (unpaired) electrons. The first kappa shape index (κ1) is 107. The van der Waals surface area contributed by atoms with Gasteiger partial charge in [-0.1, -0.05) is 296 Å². The number of halogens is 5. The van der Waals surface area contributed by atoms with Gasteiger partial charge in [0, 0.05) is 54.0 Å². The van der Waals surface area contributed by atoms with Gasteiger partial charge in [-0.3, -0.25) is 34.6 Å². The number of hydrogen-bond donors (Lipinski definition) is 14. The van der Waals surface area contributed by atoms with Gasteiger partial charge in [-0.05, 0) is 190 Å². The summed E-state index contributed by atoms with van der Waals surface area (Å²) in [7, 11) is 0. The lowest BCUT2D eigenvalue weighted by Crippen LogP contribution is -2.30. The van der Waals surface area contributed by atoms with Crippen molar-refractivity contribution in [3.8, 4) is 34.5 Å². The minimum atomic E-state index is -1.04. The van der Waals surface area contributed by atoms with E-state index < -0.39 is 41.5 Å². The lowest BCUT2D eigenvalue weighted by Gasteiger charge is -2.14. The molecule has 28 nitrogen and oxygen atoms in total. The third kappa shape index (κ3) is 39.7. The molecule has 17 N–H and O–H groups in total. The van der Waals surface area contributed by atoms with Crippen molar-refractivity contribution in [2.45, 2.75) is 32.9 Å². The van der Waals surface area contributed by atoms with Gasteiger partial charge in [0.2, 0.25) is 0 Å². The van der Waals surface area contributed by atoms with E-state index in [0.717, 1.165) is 81.0 Å². The number of nitrogens with zero attached hydrogens (tertiary/aromatic N) is 7. The predicted molar refractivity (Wildman–Crippen MR) is 548 cm³/mol. The molecule has 12 rings (SSSR count). The second-order valence-electron chi connectivity index (χ2n) is 29.1. The number of nitrogens with two attached hydrogens (primary N) is 3. The van der Waals surface area contributed by atoms with E-state index in [9.17, 15) is 54.3 Å². The second kappa shape index (κ2) is 58.6.